The van der Waals surface area contributed by atoms with Crippen molar-refractivity contribution in [1.29, 1.82) is 0 Å². The van der Waals surface area contributed by atoms with E-state index < -0.39 is 0 Å². The predicted octanol–water partition coefficient (Wildman–Crippen LogP) is 2.83. The molecule has 3 aromatic rings. The number of rotatable bonds is 4. The van der Waals surface area contributed by atoms with Crippen LogP contribution in [-0.2, 0) is 6.54 Å². The summed E-state index contributed by atoms with van der Waals surface area (Å²) in [6.45, 7) is 0.681. The van der Waals surface area contributed by atoms with Gasteiger partial charge in [0.1, 0.15) is 17.9 Å². The van der Waals surface area contributed by atoms with E-state index in [1.54, 1.807) is 7.11 Å². The summed E-state index contributed by atoms with van der Waals surface area (Å²) >= 11 is 0. The molecular weight excluding hydrogens is 264 g/mol. The maximum Gasteiger partial charge on any atom is 0.137 e. The Bertz CT molecular complexity index is 756. The summed E-state index contributed by atoms with van der Waals surface area (Å²) in [5.74, 6) is 1.65. The van der Waals surface area contributed by atoms with E-state index in [1.807, 2.05) is 42.5 Å². The third-order valence-electron chi connectivity index (χ3n) is 3.28. The molecule has 1 heterocycles. The molecule has 3 rings (SSSR count). The van der Waals surface area contributed by atoms with Gasteiger partial charge in [-0.05, 0) is 35.9 Å². The smallest absolute Gasteiger partial charge is 0.137 e. The molecule has 2 aromatic carbocycles. The van der Waals surface area contributed by atoms with Gasteiger partial charge in [0.25, 0.3) is 0 Å². The van der Waals surface area contributed by atoms with E-state index in [4.69, 9.17) is 10.5 Å². The molecule has 1 aromatic heterocycles. The molecule has 0 radical (unpaired) electrons. The Hall–Kier alpha value is -2.82. The number of nitrogen functional groups attached to an aromatic ring is 1. The highest BCUT2D eigenvalue weighted by atomic mass is 16.5. The van der Waals surface area contributed by atoms with Crippen LogP contribution in [0.25, 0.3) is 10.9 Å². The first kappa shape index (κ1) is 13.2. The monoisotopic (exact) mass is 280 g/mol. The maximum absolute atomic E-state index is 5.77. The Kier molecular flexibility index (Phi) is 3.55. The Balaban J connectivity index is 1.81. The van der Waals surface area contributed by atoms with Crippen LogP contribution in [0.5, 0.6) is 5.75 Å². The van der Waals surface area contributed by atoms with Gasteiger partial charge in [0.05, 0.1) is 12.6 Å². The van der Waals surface area contributed by atoms with Crippen LogP contribution < -0.4 is 15.8 Å². The number of nitrogens with two attached hydrogens (primary N) is 1. The highest BCUT2D eigenvalue weighted by Gasteiger charge is 2.04. The molecule has 0 bridgehead atoms. The number of fused-ring (bicyclic) bond motifs is 1. The van der Waals surface area contributed by atoms with Crippen molar-refractivity contribution in [1.82, 2.24) is 9.97 Å². The first-order chi connectivity index (χ1) is 10.3. The van der Waals surface area contributed by atoms with Crippen LogP contribution >= 0.6 is 0 Å². The molecule has 21 heavy (non-hydrogen) atoms. The van der Waals surface area contributed by atoms with Crippen LogP contribution in [0.1, 0.15) is 5.56 Å². The molecule has 0 fully saturated rings. The summed E-state index contributed by atoms with van der Waals surface area (Å²) < 4.78 is 5.15. The largest absolute Gasteiger partial charge is 0.497 e. The van der Waals surface area contributed by atoms with E-state index in [0.717, 1.165) is 28.0 Å². The number of anilines is 2. The number of aromatic nitrogens is 2. The van der Waals surface area contributed by atoms with Gasteiger partial charge >= 0.3 is 0 Å². The van der Waals surface area contributed by atoms with Crippen LogP contribution in [0.4, 0.5) is 11.5 Å². The van der Waals surface area contributed by atoms with Gasteiger partial charge in [-0.3, -0.25) is 0 Å². The predicted molar refractivity (Wildman–Crippen MR) is 84.3 cm³/mol. The molecule has 0 spiro atoms. The maximum atomic E-state index is 5.77. The van der Waals surface area contributed by atoms with Crippen molar-refractivity contribution in [3.05, 3.63) is 54.4 Å². The lowest BCUT2D eigenvalue weighted by Gasteiger charge is -2.09. The van der Waals surface area contributed by atoms with E-state index in [-0.39, 0.29) is 0 Å². The highest BCUT2D eigenvalue weighted by molar-refractivity contribution is 5.90. The van der Waals surface area contributed by atoms with Crippen molar-refractivity contribution >= 4 is 22.4 Å². The lowest BCUT2D eigenvalue weighted by atomic mass is 10.2. The molecule has 3 N–H and O–H groups in total. The van der Waals surface area contributed by atoms with Gasteiger partial charge in [0.2, 0.25) is 0 Å². The van der Waals surface area contributed by atoms with Gasteiger partial charge in [0, 0.05) is 17.6 Å². The second-order valence-electron chi connectivity index (χ2n) is 4.70. The molecule has 0 saturated heterocycles. The summed E-state index contributed by atoms with van der Waals surface area (Å²) in [5, 5.41) is 4.29. The first-order valence-electron chi connectivity index (χ1n) is 6.63. The third kappa shape index (κ3) is 2.86. The van der Waals surface area contributed by atoms with Gasteiger partial charge in [-0.2, -0.15) is 0 Å². The Labute approximate surface area is 122 Å². The molecule has 0 unspecified atom stereocenters. The number of ether oxygens (including phenoxy) is 1. The van der Waals surface area contributed by atoms with Gasteiger partial charge in [0.15, 0.2) is 0 Å². The molecule has 0 aliphatic carbocycles. The lowest BCUT2D eigenvalue weighted by molar-refractivity contribution is 0.414. The van der Waals surface area contributed by atoms with Crippen molar-refractivity contribution in [2.75, 3.05) is 18.2 Å². The molecule has 0 amide bonds. The summed E-state index contributed by atoms with van der Waals surface area (Å²) in [4.78, 5) is 8.53. The fraction of sp³-hybridized carbons (Fsp3) is 0.125. The fourth-order valence-electron chi connectivity index (χ4n) is 2.14. The first-order valence-corrected chi connectivity index (χ1v) is 6.63. The van der Waals surface area contributed by atoms with E-state index in [1.165, 1.54) is 6.33 Å². The second kappa shape index (κ2) is 5.66. The molecule has 0 aliphatic heterocycles. The van der Waals surface area contributed by atoms with Crippen molar-refractivity contribution in [3.8, 4) is 5.75 Å². The van der Waals surface area contributed by atoms with Crippen LogP contribution in [0.15, 0.2) is 48.8 Å². The number of methoxy groups -OCH3 is 1. The van der Waals surface area contributed by atoms with Gasteiger partial charge in [-0.25, -0.2) is 9.97 Å². The van der Waals surface area contributed by atoms with E-state index in [0.29, 0.717) is 12.2 Å². The number of nitrogens with one attached hydrogen (secondary N) is 1. The summed E-state index contributed by atoms with van der Waals surface area (Å²) in [5.41, 5.74) is 8.46. The topological polar surface area (TPSA) is 73.1 Å². The lowest BCUT2D eigenvalue weighted by Crippen LogP contribution is -2.02. The summed E-state index contributed by atoms with van der Waals surface area (Å²) in [6.07, 6.45) is 1.54. The molecule has 0 aliphatic rings. The van der Waals surface area contributed by atoms with E-state index in [9.17, 15) is 0 Å². The molecule has 5 heteroatoms. The van der Waals surface area contributed by atoms with Crippen molar-refractivity contribution in [3.63, 3.8) is 0 Å². The quantitative estimate of drug-likeness (QED) is 0.719. The molecule has 106 valence electrons. The Morgan fingerprint density at radius 3 is 2.67 bits per heavy atom. The highest BCUT2D eigenvalue weighted by Crippen LogP contribution is 2.22. The van der Waals surface area contributed by atoms with Crippen LogP contribution in [-0.4, -0.2) is 17.1 Å². The minimum absolute atomic E-state index is 0.681. The van der Waals surface area contributed by atoms with Crippen LogP contribution in [0.2, 0.25) is 0 Å². The van der Waals surface area contributed by atoms with E-state index in [2.05, 4.69) is 15.3 Å². The number of nitrogens with zero attached hydrogens (tertiary/aromatic N) is 2. The normalized spacial score (nSPS) is 10.5. The minimum atomic E-state index is 0.681. The number of hydrogen-bond donors (Lipinski definition) is 2. The van der Waals surface area contributed by atoms with Gasteiger partial charge in [-0.15, -0.1) is 0 Å². The summed E-state index contributed by atoms with van der Waals surface area (Å²) in [6, 6.07) is 13.5. The summed E-state index contributed by atoms with van der Waals surface area (Å²) in [7, 11) is 1.66. The molecular formula is C16H16N4O. The number of benzene rings is 2. The Morgan fingerprint density at radius 1 is 1.10 bits per heavy atom. The standard InChI is InChI=1S/C16H16N4O/c1-21-13-5-2-11(3-6-13)9-18-16-14-7-4-12(17)8-15(14)19-10-20-16/h2-8,10H,9,17H2,1H3,(H,18,19,20). The minimum Gasteiger partial charge on any atom is -0.497 e. The van der Waals surface area contributed by atoms with Crippen molar-refractivity contribution in [2.24, 2.45) is 0 Å². The SMILES string of the molecule is COc1ccc(CNc2ncnc3cc(N)ccc23)cc1. The van der Waals surface area contributed by atoms with Gasteiger partial charge in [-0.1, -0.05) is 12.1 Å². The molecule has 0 atom stereocenters. The third-order valence-corrected chi connectivity index (χ3v) is 3.28. The number of hydrogen-bond acceptors (Lipinski definition) is 5. The molecule has 5 nitrogen and oxygen atoms in total. The molecule has 0 saturated carbocycles. The van der Waals surface area contributed by atoms with Gasteiger partial charge < -0.3 is 15.8 Å². The van der Waals surface area contributed by atoms with Crippen molar-refractivity contribution in [2.45, 2.75) is 6.54 Å². The average molecular weight is 280 g/mol. The van der Waals surface area contributed by atoms with E-state index >= 15 is 0 Å². The van der Waals surface area contributed by atoms with Crippen LogP contribution in [0.3, 0.4) is 0 Å². The Morgan fingerprint density at radius 2 is 1.90 bits per heavy atom. The zero-order chi connectivity index (χ0) is 14.7. The average Bonchev–Trinajstić information content (AvgIpc) is 2.53. The zero-order valence-corrected chi connectivity index (χ0v) is 11.7. The zero-order valence-electron chi connectivity index (χ0n) is 11.7. The van der Waals surface area contributed by atoms with Crippen LogP contribution in [0, 0.1) is 0 Å². The fourth-order valence-corrected chi connectivity index (χ4v) is 2.14. The second-order valence-corrected chi connectivity index (χ2v) is 4.70. The van der Waals surface area contributed by atoms with Crippen molar-refractivity contribution < 1.29 is 4.74 Å².